The lowest BCUT2D eigenvalue weighted by Gasteiger charge is -2.19. The molecule has 0 unspecified atom stereocenters. The van der Waals surface area contributed by atoms with Gasteiger partial charge in [-0.2, -0.15) is 26.3 Å². The van der Waals surface area contributed by atoms with Gasteiger partial charge in [-0.15, -0.1) is 0 Å². The van der Waals surface area contributed by atoms with E-state index in [2.05, 4.69) is 0 Å². The number of benzene rings is 1. The van der Waals surface area contributed by atoms with Gasteiger partial charge in [0.15, 0.2) is 0 Å². The minimum atomic E-state index is -5.23. The summed E-state index contributed by atoms with van der Waals surface area (Å²) in [5.41, 5.74) is -1.24. The predicted molar refractivity (Wildman–Crippen MR) is 60.6 cm³/mol. The van der Waals surface area contributed by atoms with E-state index in [-0.39, 0.29) is 5.56 Å². The molecule has 1 amide bonds. The van der Waals surface area contributed by atoms with Gasteiger partial charge in [0.25, 0.3) is 0 Å². The summed E-state index contributed by atoms with van der Waals surface area (Å²) in [6.45, 7) is 0. The van der Waals surface area contributed by atoms with Crippen LogP contribution >= 0.6 is 0 Å². The minimum absolute atomic E-state index is 0.187. The van der Waals surface area contributed by atoms with Crippen molar-refractivity contribution in [3.8, 4) is 0 Å². The molecule has 1 aromatic carbocycles. The third-order valence-electron chi connectivity index (χ3n) is 2.58. The molecule has 0 aromatic heterocycles. The summed E-state index contributed by atoms with van der Waals surface area (Å²) in [4.78, 5) is 21.5. The van der Waals surface area contributed by atoms with Crippen molar-refractivity contribution in [2.24, 2.45) is 0 Å². The van der Waals surface area contributed by atoms with E-state index in [9.17, 15) is 35.9 Å². The lowest BCUT2D eigenvalue weighted by molar-refractivity contribution is -0.174. The van der Waals surface area contributed by atoms with Crippen molar-refractivity contribution in [1.29, 1.82) is 0 Å². The Labute approximate surface area is 119 Å². The first kappa shape index (κ1) is 17.8. The molecule has 0 radical (unpaired) electrons. The van der Waals surface area contributed by atoms with Crippen molar-refractivity contribution >= 4 is 11.9 Å². The van der Waals surface area contributed by atoms with Crippen molar-refractivity contribution in [3.63, 3.8) is 0 Å². The smallest absolute Gasteiger partial charge is 0.471 e. The molecule has 0 fully saturated rings. The van der Waals surface area contributed by atoms with E-state index < -0.39 is 42.3 Å². The van der Waals surface area contributed by atoms with Crippen molar-refractivity contribution in [2.45, 2.75) is 24.8 Å². The summed E-state index contributed by atoms with van der Waals surface area (Å²) >= 11 is 0. The highest BCUT2D eigenvalue weighted by atomic mass is 19.4. The molecule has 0 saturated heterocycles. The van der Waals surface area contributed by atoms with Gasteiger partial charge >= 0.3 is 24.2 Å². The summed E-state index contributed by atoms with van der Waals surface area (Å²) in [6, 6.07) is 1.20. The number of halogens is 6. The Balaban J connectivity index is 3.02. The SMILES string of the molecule is O=C(O)C[C@H](NC(=O)C(F)(F)F)c1ccc(C(F)(F)F)cc1. The van der Waals surface area contributed by atoms with Gasteiger partial charge in [0.05, 0.1) is 18.0 Å². The van der Waals surface area contributed by atoms with Crippen molar-refractivity contribution in [1.82, 2.24) is 5.32 Å². The van der Waals surface area contributed by atoms with Crippen LogP contribution in [0.15, 0.2) is 24.3 Å². The number of carbonyl (C=O) groups is 2. The first-order chi connectivity index (χ1) is 9.91. The predicted octanol–water partition coefficient (Wildman–Crippen LogP) is 2.90. The molecule has 4 nitrogen and oxygen atoms in total. The molecule has 1 atom stereocenters. The molecule has 2 N–H and O–H groups in total. The van der Waals surface area contributed by atoms with Gasteiger partial charge in [0, 0.05) is 0 Å². The molecule has 0 aliphatic carbocycles. The number of rotatable bonds is 4. The van der Waals surface area contributed by atoms with E-state index in [0.717, 1.165) is 12.1 Å². The summed E-state index contributed by atoms with van der Waals surface area (Å²) < 4.78 is 73.7. The topological polar surface area (TPSA) is 66.4 Å². The summed E-state index contributed by atoms with van der Waals surface area (Å²) in [7, 11) is 0. The quantitative estimate of drug-likeness (QED) is 0.835. The number of hydrogen-bond donors (Lipinski definition) is 2. The number of carboxylic acid groups (broad SMARTS) is 1. The molecule has 122 valence electrons. The van der Waals surface area contributed by atoms with Gasteiger partial charge < -0.3 is 10.4 Å². The van der Waals surface area contributed by atoms with Crippen molar-refractivity contribution in [3.05, 3.63) is 35.4 Å². The first-order valence-electron chi connectivity index (χ1n) is 5.68. The largest absolute Gasteiger partial charge is 0.481 e. The Morgan fingerprint density at radius 1 is 1.05 bits per heavy atom. The van der Waals surface area contributed by atoms with Crippen LogP contribution in [0, 0.1) is 0 Å². The standard InChI is InChI=1S/C12H9F6NO3/c13-11(14,15)7-3-1-6(2-4-7)8(5-9(20)21)19-10(22)12(16,17)18/h1-4,8H,5H2,(H,19,22)(H,20,21)/t8-/m0/s1. The Morgan fingerprint density at radius 3 is 1.91 bits per heavy atom. The third-order valence-corrected chi connectivity index (χ3v) is 2.58. The van der Waals surface area contributed by atoms with Gasteiger partial charge in [-0.1, -0.05) is 12.1 Å². The molecule has 0 saturated carbocycles. The van der Waals surface area contributed by atoms with E-state index in [1.54, 1.807) is 0 Å². The third kappa shape index (κ3) is 4.93. The van der Waals surface area contributed by atoms with Crippen LogP contribution in [0.5, 0.6) is 0 Å². The second-order valence-corrected chi connectivity index (χ2v) is 4.24. The average molecular weight is 329 g/mol. The molecular weight excluding hydrogens is 320 g/mol. The zero-order valence-corrected chi connectivity index (χ0v) is 10.6. The van der Waals surface area contributed by atoms with E-state index in [1.807, 2.05) is 0 Å². The molecule has 10 heteroatoms. The van der Waals surface area contributed by atoms with Crippen LogP contribution in [0.25, 0.3) is 0 Å². The van der Waals surface area contributed by atoms with Gasteiger partial charge in [-0.3, -0.25) is 9.59 Å². The normalized spacial score (nSPS) is 13.5. The van der Waals surface area contributed by atoms with Crippen LogP contribution in [0.1, 0.15) is 23.6 Å². The van der Waals surface area contributed by atoms with Gasteiger partial charge in [0.1, 0.15) is 0 Å². The molecule has 1 aromatic rings. The highest BCUT2D eigenvalue weighted by Crippen LogP contribution is 2.30. The van der Waals surface area contributed by atoms with Crippen LogP contribution in [0.4, 0.5) is 26.3 Å². The molecular formula is C12H9F6NO3. The second kappa shape index (κ2) is 6.24. The Morgan fingerprint density at radius 2 is 1.55 bits per heavy atom. The molecule has 0 heterocycles. The zero-order valence-electron chi connectivity index (χ0n) is 10.6. The van der Waals surface area contributed by atoms with E-state index in [1.165, 1.54) is 5.32 Å². The van der Waals surface area contributed by atoms with Gasteiger partial charge in [-0.25, -0.2) is 0 Å². The lowest BCUT2D eigenvalue weighted by atomic mass is 10.0. The van der Waals surface area contributed by atoms with Crippen LogP contribution in [0.2, 0.25) is 0 Å². The first-order valence-corrected chi connectivity index (χ1v) is 5.68. The van der Waals surface area contributed by atoms with Crippen molar-refractivity contribution in [2.75, 3.05) is 0 Å². The number of amides is 1. The fraction of sp³-hybridized carbons (Fsp3) is 0.333. The maximum atomic E-state index is 12.4. The molecule has 1 rings (SSSR count). The summed E-state index contributed by atoms with van der Waals surface area (Å²) in [5.74, 6) is -3.90. The maximum absolute atomic E-state index is 12.4. The van der Waals surface area contributed by atoms with Crippen LogP contribution in [0.3, 0.4) is 0 Å². The molecule has 0 spiro atoms. The van der Waals surface area contributed by atoms with Crippen LogP contribution in [-0.4, -0.2) is 23.2 Å². The van der Waals surface area contributed by atoms with Crippen molar-refractivity contribution < 1.29 is 41.0 Å². The lowest BCUT2D eigenvalue weighted by Crippen LogP contribution is -2.39. The van der Waals surface area contributed by atoms with Crippen LogP contribution < -0.4 is 5.32 Å². The number of carbonyl (C=O) groups excluding carboxylic acids is 1. The number of alkyl halides is 6. The summed E-state index contributed by atoms with van der Waals surface area (Å²) in [6.07, 6.45) is -10.8. The number of carboxylic acids is 1. The Hall–Kier alpha value is -2.26. The summed E-state index contributed by atoms with van der Waals surface area (Å²) in [5, 5.41) is 10.1. The highest BCUT2D eigenvalue weighted by Gasteiger charge is 2.40. The molecule has 0 aliphatic rings. The minimum Gasteiger partial charge on any atom is -0.481 e. The van der Waals surface area contributed by atoms with E-state index in [4.69, 9.17) is 5.11 Å². The monoisotopic (exact) mass is 329 g/mol. The van der Waals surface area contributed by atoms with E-state index >= 15 is 0 Å². The average Bonchev–Trinajstić information content (AvgIpc) is 2.35. The van der Waals surface area contributed by atoms with Gasteiger partial charge in [0.2, 0.25) is 0 Å². The number of hydrogen-bond acceptors (Lipinski definition) is 2. The fourth-order valence-corrected chi connectivity index (χ4v) is 1.57. The Kier molecular flexibility index (Phi) is 5.05. The van der Waals surface area contributed by atoms with Gasteiger partial charge in [-0.05, 0) is 17.7 Å². The second-order valence-electron chi connectivity index (χ2n) is 4.24. The Bertz CT molecular complexity index is 549. The molecule has 0 aliphatic heterocycles. The molecule has 22 heavy (non-hydrogen) atoms. The van der Waals surface area contributed by atoms with E-state index in [0.29, 0.717) is 12.1 Å². The highest BCUT2D eigenvalue weighted by molar-refractivity contribution is 5.82. The zero-order chi connectivity index (χ0) is 17.1. The number of nitrogens with one attached hydrogen (secondary N) is 1. The van der Waals surface area contributed by atoms with Crippen LogP contribution in [-0.2, 0) is 15.8 Å². The maximum Gasteiger partial charge on any atom is 0.471 e. The molecule has 0 bridgehead atoms. The fourth-order valence-electron chi connectivity index (χ4n) is 1.57. The number of aliphatic carboxylic acids is 1.